The van der Waals surface area contributed by atoms with Crippen molar-refractivity contribution in [3.8, 4) is 16.8 Å². The summed E-state index contributed by atoms with van der Waals surface area (Å²) in [5.41, 5.74) is 6.30. The minimum atomic E-state index is -2.03. The molecule has 1 fully saturated rings. The normalized spacial score (nSPS) is 19.6. The molecular weight excluding hydrogens is 693 g/mol. The minimum absolute atomic E-state index is 0.0162. The van der Waals surface area contributed by atoms with E-state index in [9.17, 15) is 9.90 Å². The van der Waals surface area contributed by atoms with E-state index < -0.39 is 16.0 Å². The maximum Gasteiger partial charge on any atom is 0.272 e. The van der Waals surface area contributed by atoms with Crippen LogP contribution < -0.4 is 5.32 Å². The Balaban J connectivity index is 1.25. The van der Waals surface area contributed by atoms with Gasteiger partial charge in [-0.25, -0.2) is 0 Å². The van der Waals surface area contributed by atoms with Crippen LogP contribution >= 0.6 is 46.6 Å². The van der Waals surface area contributed by atoms with Crippen LogP contribution in [0.5, 0.6) is 0 Å². The Kier molecular flexibility index (Phi) is 11.0. The van der Waals surface area contributed by atoms with Crippen molar-refractivity contribution in [1.29, 1.82) is 0 Å². The zero-order chi connectivity index (χ0) is 33.7. The van der Waals surface area contributed by atoms with Crippen LogP contribution in [0.25, 0.3) is 16.8 Å². The van der Waals surface area contributed by atoms with Crippen molar-refractivity contribution in [1.82, 2.24) is 25.5 Å². The number of aliphatic hydroxyl groups excluding tert-OH is 1. The average Bonchev–Trinajstić information content (AvgIpc) is 3.59. The van der Waals surface area contributed by atoms with Crippen LogP contribution in [0.1, 0.15) is 41.6 Å². The van der Waals surface area contributed by atoms with Gasteiger partial charge in [-0.05, 0) is 62.5 Å². The number of ether oxygens (including phenoxy) is 2. The van der Waals surface area contributed by atoms with E-state index >= 15 is 0 Å². The fourth-order valence-corrected chi connectivity index (χ4v) is 6.73. The SMILES string of the molecule is C[C@@H]1[C@H](CSc2nnnn2-c2ccccc2)O[C@H](c2cccc(-c3cccc(CNC(=O)C(Cl)(Cl)Cl)c3)c2)O[C@@H]1c1ccc(CO)cc1. The van der Waals surface area contributed by atoms with Gasteiger partial charge in [-0.2, -0.15) is 4.68 Å². The lowest BCUT2D eigenvalue weighted by Crippen LogP contribution is -2.38. The van der Waals surface area contributed by atoms with Gasteiger partial charge in [-0.15, -0.1) is 5.10 Å². The van der Waals surface area contributed by atoms with Crippen molar-refractivity contribution in [3.05, 3.63) is 125 Å². The molecule has 248 valence electrons. The summed E-state index contributed by atoms with van der Waals surface area (Å²) in [7, 11) is 0. The summed E-state index contributed by atoms with van der Waals surface area (Å²) in [6.07, 6.45) is -1.16. The van der Waals surface area contributed by atoms with Gasteiger partial charge in [0.25, 0.3) is 9.70 Å². The lowest BCUT2D eigenvalue weighted by atomic mass is 9.91. The van der Waals surface area contributed by atoms with E-state index in [0.717, 1.165) is 39.1 Å². The van der Waals surface area contributed by atoms with Gasteiger partial charge >= 0.3 is 0 Å². The Morgan fingerprint density at radius 1 is 0.896 bits per heavy atom. The molecule has 13 heteroatoms. The molecule has 1 amide bonds. The Morgan fingerprint density at radius 2 is 1.62 bits per heavy atom. The fourth-order valence-electron chi connectivity index (χ4n) is 5.47. The average molecular weight is 725 g/mol. The van der Waals surface area contributed by atoms with E-state index in [1.54, 1.807) is 4.68 Å². The molecule has 0 saturated carbocycles. The van der Waals surface area contributed by atoms with Crippen molar-refractivity contribution in [3.63, 3.8) is 0 Å². The summed E-state index contributed by atoms with van der Waals surface area (Å²) in [5, 5.41) is 25.3. The fraction of sp³-hybridized carbons (Fsp3) is 0.257. The molecule has 0 spiro atoms. The van der Waals surface area contributed by atoms with Gasteiger partial charge in [0.2, 0.25) is 5.16 Å². The third kappa shape index (κ3) is 8.20. The van der Waals surface area contributed by atoms with Crippen LogP contribution in [0.2, 0.25) is 0 Å². The molecule has 1 saturated heterocycles. The first-order chi connectivity index (χ1) is 23.2. The molecule has 6 rings (SSSR count). The second-order valence-electron chi connectivity index (χ2n) is 11.3. The number of aromatic nitrogens is 4. The maximum absolute atomic E-state index is 12.1. The molecule has 2 N–H and O–H groups in total. The van der Waals surface area contributed by atoms with Gasteiger partial charge in [-0.3, -0.25) is 4.79 Å². The van der Waals surface area contributed by atoms with Crippen LogP contribution in [-0.2, 0) is 27.4 Å². The van der Waals surface area contributed by atoms with Crippen molar-refractivity contribution < 1.29 is 19.4 Å². The molecule has 2 heterocycles. The molecule has 48 heavy (non-hydrogen) atoms. The Bertz CT molecular complexity index is 1840. The summed E-state index contributed by atoms with van der Waals surface area (Å²) in [5.74, 6) is -0.121. The second-order valence-corrected chi connectivity index (χ2v) is 14.6. The standard InChI is InChI=1S/C35H32Cl3N5O4S/c1-22-30(21-48-34-40-41-42-43(34)29-11-3-2-4-12-29)46-32(47-31(22)25-15-13-23(20-44)14-16-25)28-10-6-9-27(18-28)26-8-5-7-24(17-26)19-39-33(45)35(36,37)38/h2-18,22,30-32,44H,19-21H2,1H3,(H,39,45)/t22-,30+,31+,32+/m1/s1. The number of aliphatic hydroxyl groups is 1. The monoisotopic (exact) mass is 723 g/mol. The topological polar surface area (TPSA) is 111 Å². The number of carbonyl (C=O) groups excluding carboxylic acids is 1. The van der Waals surface area contributed by atoms with Crippen molar-refractivity contribution >= 4 is 52.5 Å². The van der Waals surface area contributed by atoms with Crippen molar-refractivity contribution in [2.45, 2.75) is 47.5 Å². The molecule has 4 aromatic carbocycles. The van der Waals surface area contributed by atoms with E-state index in [2.05, 4.69) is 27.8 Å². The summed E-state index contributed by atoms with van der Waals surface area (Å²) in [6, 6.07) is 33.4. The predicted molar refractivity (Wildman–Crippen MR) is 187 cm³/mol. The number of thioether (sulfide) groups is 1. The minimum Gasteiger partial charge on any atom is -0.392 e. The maximum atomic E-state index is 12.1. The molecule has 0 aliphatic carbocycles. The number of rotatable bonds is 10. The van der Waals surface area contributed by atoms with Crippen LogP contribution in [0.15, 0.2) is 108 Å². The number of hydrogen-bond donors (Lipinski definition) is 2. The first-order valence-electron chi connectivity index (χ1n) is 15.2. The smallest absolute Gasteiger partial charge is 0.272 e. The number of nitrogens with one attached hydrogen (secondary N) is 1. The molecule has 1 aliphatic heterocycles. The van der Waals surface area contributed by atoms with E-state index in [4.69, 9.17) is 44.3 Å². The molecule has 1 aliphatic rings. The summed E-state index contributed by atoms with van der Waals surface area (Å²) in [6.45, 7) is 2.29. The van der Waals surface area contributed by atoms with E-state index in [1.807, 2.05) is 103 Å². The number of hydrogen-bond acceptors (Lipinski definition) is 8. The first-order valence-corrected chi connectivity index (χ1v) is 17.3. The van der Waals surface area contributed by atoms with Gasteiger partial charge in [0.15, 0.2) is 6.29 Å². The third-order valence-electron chi connectivity index (χ3n) is 8.07. The molecular formula is C35H32Cl3N5O4S. The quantitative estimate of drug-likeness (QED) is 0.113. The Labute approximate surface area is 297 Å². The van der Waals surface area contributed by atoms with Crippen LogP contribution in [0, 0.1) is 5.92 Å². The van der Waals surface area contributed by atoms with E-state index in [-0.39, 0.29) is 31.3 Å². The number of alkyl halides is 3. The lowest BCUT2D eigenvalue weighted by molar-refractivity contribution is -0.268. The molecule has 0 radical (unpaired) electrons. The highest BCUT2D eigenvalue weighted by Gasteiger charge is 2.39. The number of tetrazole rings is 1. The highest BCUT2D eigenvalue weighted by molar-refractivity contribution is 7.99. The highest BCUT2D eigenvalue weighted by Crippen LogP contribution is 2.43. The van der Waals surface area contributed by atoms with Gasteiger partial charge in [0.1, 0.15) is 0 Å². The third-order valence-corrected chi connectivity index (χ3v) is 9.59. The summed E-state index contributed by atoms with van der Waals surface area (Å²) in [4.78, 5) is 12.1. The highest BCUT2D eigenvalue weighted by atomic mass is 35.6. The second kappa shape index (κ2) is 15.4. The first kappa shape index (κ1) is 34.4. The molecule has 1 aromatic heterocycles. The predicted octanol–water partition coefficient (Wildman–Crippen LogP) is 7.39. The van der Waals surface area contributed by atoms with Gasteiger partial charge < -0.3 is 19.9 Å². The molecule has 5 aromatic rings. The molecule has 0 unspecified atom stereocenters. The van der Waals surface area contributed by atoms with Crippen LogP contribution in [-0.4, -0.2) is 46.9 Å². The number of para-hydroxylation sites is 1. The van der Waals surface area contributed by atoms with Crippen LogP contribution in [0.4, 0.5) is 0 Å². The number of nitrogens with zero attached hydrogens (tertiary/aromatic N) is 4. The number of halogens is 3. The van der Waals surface area contributed by atoms with Gasteiger partial charge in [0.05, 0.1) is 24.5 Å². The van der Waals surface area contributed by atoms with Crippen molar-refractivity contribution in [2.24, 2.45) is 5.92 Å². The zero-order valence-corrected chi connectivity index (χ0v) is 28.8. The number of carbonyl (C=O) groups is 1. The van der Waals surface area contributed by atoms with Crippen LogP contribution in [0.3, 0.4) is 0 Å². The number of benzene rings is 4. The zero-order valence-electron chi connectivity index (χ0n) is 25.7. The molecule has 0 bridgehead atoms. The number of amides is 1. The van der Waals surface area contributed by atoms with Gasteiger partial charge in [-0.1, -0.05) is 132 Å². The Morgan fingerprint density at radius 3 is 2.35 bits per heavy atom. The molecule has 4 atom stereocenters. The Hall–Kier alpha value is -3.48. The van der Waals surface area contributed by atoms with E-state index in [1.165, 1.54) is 11.8 Å². The van der Waals surface area contributed by atoms with Crippen molar-refractivity contribution in [2.75, 3.05) is 5.75 Å². The summed E-state index contributed by atoms with van der Waals surface area (Å²) < 4.78 is 13.1. The van der Waals surface area contributed by atoms with E-state index in [0.29, 0.717) is 10.9 Å². The summed E-state index contributed by atoms with van der Waals surface area (Å²) >= 11 is 18.6. The largest absolute Gasteiger partial charge is 0.392 e. The lowest BCUT2D eigenvalue weighted by Gasteiger charge is -2.41. The van der Waals surface area contributed by atoms with Gasteiger partial charge in [0, 0.05) is 23.8 Å². The molecule has 9 nitrogen and oxygen atoms in total.